The van der Waals surface area contributed by atoms with Crippen molar-refractivity contribution >= 4 is 17.6 Å². The molecular weight excluding hydrogens is 276 g/mol. The van der Waals surface area contributed by atoms with Gasteiger partial charge in [0.2, 0.25) is 0 Å². The van der Waals surface area contributed by atoms with Crippen LogP contribution in [0.15, 0.2) is 31.0 Å². The van der Waals surface area contributed by atoms with Gasteiger partial charge in [-0.25, -0.2) is 19.4 Å². The number of aromatic nitrogens is 4. The van der Waals surface area contributed by atoms with Crippen molar-refractivity contribution in [3.63, 3.8) is 0 Å². The molecule has 0 saturated carbocycles. The topological polar surface area (TPSA) is 125 Å². The van der Waals surface area contributed by atoms with Gasteiger partial charge in [-0.05, 0) is 19.1 Å². The third kappa shape index (κ3) is 3.60. The van der Waals surface area contributed by atoms with Gasteiger partial charge < -0.3 is 15.8 Å². The van der Waals surface area contributed by atoms with Crippen LogP contribution in [0.25, 0.3) is 5.82 Å². The molecule has 1 unspecified atom stereocenters. The quantitative estimate of drug-likeness (QED) is 0.561. The van der Waals surface area contributed by atoms with Crippen molar-refractivity contribution in [1.82, 2.24) is 19.7 Å². The standard InChI is InChI=1S/C12H14N6O3/c1-2-21-12(20)10(13)11(19)17-8-3-4-9(15-5-8)18-7-14-6-16-18/h3-7,10H,2,13H2,1H3,(H,17,19). The van der Waals surface area contributed by atoms with E-state index in [1.54, 1.807) is 19.1 Å². The highest BCUT2D eigenvalue weighted by molar-refractivity contribution is 6.08. The summed E-state index contributed by atoms with van der Waals surface area (Å²) in [6.45, 7) is 1.79. The molecule has 2 aromatic rings. The highest BCUT2D eigenvalue weighted by Crippen LogP contribution is 2.09. The van der Waals surface area contributed by atoms with Gasteiger partial charge in [-0.1, -0.05) is 0 Å². The summed E-state index contributed by atoms with van der Waals surface area (Å²) < 4.78 is 6.14. The largest absolute Gasteiger partial charge is 0.464 e. The van der Waals surface area contributed by atoms with Crippen LogP contribution in [0, 0.1) is 0 Å². The van der Waals surface area contributed by atoms with E-state index in [1.165, 1.54) is 23.5 Å². The van der Waals surface area contributed by atoms with Crippen molar-refractivity contribution in [2.75, 3.05) is 11.9 Å². The summed E-state index contributed by atoms with van der Waals surface area (Å²) in [5.41, 5.74) is 5.88. The van der Waals surface area contributed by atoms with Gasteiger partial charge >= 0.3 is 5.97 Å². The van der Waals surface area contributed by atoms with Crippen molar-refractivity contribution in [3.8, 4) is 5.82 Å². The van der Waals surface area contributed by atoms with Crippen LogP contribution < -0.4 is 11.1 Å². The molecule has 0 fully saturated rings. The van der Waals surface area contributed by atoms with Gasteiger partial charge in [-0.3, -0.25) is 4.79 Å². The zero-order valence-electron chi connectivity index (χ0n) is 11.3. The van der Waals surface area contributed by atoms with Crippen LogP contribution in [-0.2, 0) is 14.3 Å². The van der Waals surface area contributed by atoms with Crippen LogP contribution in [-0.4, -0.2) is 44.3 Å². The summed E-state index contributed by atoms with van der Waals surface area (Å²) in [5, 5.41) is 6.40. The van der Waals surface area contributed by atoms with E-state index in [0.717, 1.165) is 0 Å². The Labute approximate surface area is 120 Å². The first-order chi connectivity index (χ1) is 10.1. The minimum atomic E-state index is -1.38. The summed E-state index contributed by atoms with van der Waals surface area (Å²) in [6.07, 6.45) is 4.31. The number of nitrogens with zero attached hydrogens (tertiary/aromatic N) is 4. The van der Waals surface area contributed by atoms with Gasteiger partial charge in [0.15, 0.2) is 11.9 Å². The Hall–Kier alpha value is -2.81. The third-order valence-electron chi connectivity index (χ3n) is 2.49. The number of amides is 1. The molecule has 110 valence electrons. The van der Waals surface area contributed by atoms with E-state index >= 15 is 0 Å². The van der Waals surface area contributed by atoms with Crippen molar-refractivity contribution in [1.29, 1.82) is 0 Å². The van der Waals surface area contributed by atoms with Crippen LogP contribution >= 0.6 is 0 Å². The molecule has 2 heterocycles. The lowest BCUT2D eigenvalue weighted by Crippen LogP contribution is -2.43. The number of pyridine rings is 1. The molecule has 0 bridgehead atoms. The summed E-state index contributed by atoms with van der Waals surface area (Å²) >= 11 is 0. The molecule has 2 aromatic heterocycles. The van der Waals surface area contributed by atoms with E-state index in [2.05, 4.69) is 25.1 Å². The van der Waals surface area contributed by atoms with Gasteiger partial charge in [0.05, 0.1) is 18.5 Å². The Bertz CT molecular complexity index is 610. The van der Waals surface area contributed by atoms with Crippen LogP contribution in [0.1, 0.15) is 6.92 Å². The molecular formula is C12H14N6O3. The molecule has 1 amide bonds. The van der Waals surface area contributed by atoms with Gasteiger partial charge in [0.25, 0.3) is 5.91 Å². The van der Waals surface area contributed by atoms with Gasteiger partial charge in [-0.2, -0.15) is 5.10 Å². The number of esters is 1. The molecule has 0 aromatic carbocycles. The summed E-state index contributed by atoms with van der Waals surface area (Å²) in [7, 11) is 0. The van der Waals surface area contributed by atoms with E-state index in [1.807, 2.05) is 0 Å². The first-order valence-electron chi connectivity index (χ1n) is 6.16. The molecule has 2 rings (SSSR count). The number of hydrogen-bond donors (Lipinski definition) is 2. The van der Waals surface area contributed by atoms with E-state index < -0.39 is 17.9 Å². The molecule has 0 aliphatic carbocycles. The number of ether oxygens (including phenoxy) is 1. The average molecular weight is 290 g/mol. The Balaban J connectivity index is 2.00. The van der Waals surface area contributed by atoms with E-state index in [4.69, 9.17) is 5.73 Å². The average Bonchev–Trinajstić information content (AvgIpc) is 3.01. The lowest BCUT2D eigenvalue weighted by atomic mass is 10.3. The minimum Gasteiger partial charge on any atom is -0.464 e. The Morgan fingerprint density at radius 1 is 1.48 bits per heavy atom. The Morgan fingerprint density at radius 3 is 2.86 bits per heavy atom. The smallest absolute Gasteiger partial charge is 0.332 e. The maximum atomic E-state index is 11.8. The SMILES string of the molecule is CCOC(=O)C(N)C(=O)Nc1ccc(-n2cncn2)nc1. The summed E-state index contributed by atoms with van der Waals surface area (Å²) in [6, 6.07) is 1.87. The number of nitrogens with two attached hydrogens (primary N) is 1. The van der Waals surface area contributed by atoms with E-state index in [9.17, 15) is 9.59 Å². The second kappa shape index (κ2) is 6.57. The monoisotopic (exact) mass is 290 g/mol. The first kappa shape index (κ1) is 14.6. The predicted molar refractivity (Wildman–Crippen MR) is 72.4 cm³/mol. The number of carbonyl (C=O) groups excluding carboxylic acids is 2. The maximum Gasteiger partial charge on any atom is 0.332 e. The summed E-state index contributed by atoms with van der Waals surface area (Å²) in [4.78, 5) is 31.0. The highest BCUT2D eigenvalue weighted by atomic mass is 16.5. The van der Waals surface area contributed by atoms with Crippen LogP contribution in [0.2, 0.25) is 0 Å². The number of anilines is 1. The number of nitrogens with one attached hydrogen (secondary N) is 1. The Morgan fingerprint density at radius 2 is 2.29 bits per heavy atom. The zero-order chi connectivity index (χ0) is 15.2. The van der Waals surface area contributed by atoms with Crippen LogP contribution in [0.3, 0.4) is 0 Å². The second-order valence-electron chi connectivity index (χ2n) is 3.96. The molecule has 3 N–H and O–H groups in total. The highest BCUT2D eigenvalue weighted by Gasteiger charge is 2.23. The van der Waals surface area contributed by atoms with E-state index in [-0.39, 0.29) is 6.61 Å². The van der Waals surface area contributed by atoms with Crippen LogP contribution in [0.5, 0.6) is 0 Å². The minimum absolute atomic E-state index is 0.161. The van der Waals surface area contributed by atoms with Gasteiger partial charge in [-0.15, -0.1) is 0 Å². The van der Waals surface area contributed by atoms with Crippen molar-refractivity contribution in [2.45, 2.75) is 13.0 Å². The molecule has 0 aliphatic rings. The first-order valence-corrected chi connectivity index (χ1v) is 6.16. The number of rotatable bonds is 5. The molecule has 0 spiro atoms. The van der Waals surface area contributed by atoms with Crippen molar-refractivity contribution in [3.05, 3.63) is 31.0 Å². The molecule has 0 aliphatic heterocycles. The van der Waals surface area contributed by atoms with Gasteiger partial charge in [0, 0.05) is 0 Å². The lowest BCUT2D eigenvalue weighted by Gasteiger charge is -2.11. The number of carbonyl (C=O) groups is 2. The molecule has 0 radical (unpaired) electrons. The van der Waals surface area contributed by atoms with Crippen molar-refractivity contribution < 1.29 is 14.3 Å². The summed E-state index contributed by atoms with van der Waals surface area (Å²) in [5.74, 6) is -0.897. The van der Waals surface area contributed by atoms with Gasteiger partial charge in [0.1, 0.15) is 12.7 Å². The fourth-order valence-electron chi connectivity index (χ4n) is 1.48. The fourth-order valence-corrected chi connectivity index (χ4v) is 1.48. The molecule has 9 heteroatoms. The van der Waals surface area contributed by atoms with Crippen molar-refractivity contribution in [2.24, 2.45) is 5.73 Å². The second-order valence-corrected chi connectivity index (χ2v) is 3.96. The third-order valence-corrected chi connectivity index (χ3v) is 2.49. The normalized spacial score (nSPS) is 11.7. The lowest BCUT2D eigenvalue weighted by molar-refractivity contribution is -0.146. The maximum absolute atomic E-state index is 11.8. The molecule has 0 saturated heterocycles. The molecule has 9 nitrogen and oxygen atoms in total. The van der Waals surface area contributed by atoms with Crippen LogP contribution in [0.4, 0.5) is 5.69 Å². The zero-order valence-corrected chi connectivity index (χ0v) is 11.3. The van der Waals surface area contributed by atoms with E-state index in [0.29, 0.717) is 11.5 Å². The Kier molecular flexibility index (Phi) is 4.57. The predicted octanol–water partition coefficient (Wildman–Crippen LogP) is -0.509. The molecule has 21 heavy (non-hydrogen) atoms. The fraction of sp³-hybridized carbons (Fsp3) is 0.250. The molecule has 1 atom stereocenters. The number of hydrogen-bond acceptors (Lipinski definition) is 7.